The lowest BCUT2D eigenvalue weighted by molar-refractivity contribution is -0.114. The monoisotopic (exact) mass is 343 g/mol. The molecule has 0 radical (unpaired) electrons. The van der Waals surface area contributed by atoms with Crippen molar-refractivity contribution in [2.75, 3.05) is 5.32 Å². The molecular weight excluding hydrogens is 321 g/mol. The van der Waals surface area contributed by atoms with Crippen LogP contribution in [0.25, 0.3) is 0 Å². The number of nitrogens with one attached hydrogen (secondary N) is 3. The van der Waals surface area contributed by atoms with E-state index in [9.17, 15) is 14.0 Å². The van der Waals surface area contributed by atoms with Crippen molar-refractivity contribution in [3.8, 4) is 0 Å². The van der Waals surface area contributed by atoms with E-state index in [0.29, 0.717) is 11.3 Å². The Hall–Kier alpha value is -2.89. The van der Waals surface area contributed by atoms with Gasteiger partial charge in [0.15, 0.2) is 0 Å². The fraction of sp³-hybridized carbons (Fsp3) is 0.263. The van der Waals surface area contributed by atoms with Crippen LogP contribution in [0, 0.1) is 5.82 Å². The molecule has 0 bridgehead atoms. The number of hydrogen-bond donors (Lipinski definition) is 3. The summed E-state index contributed by atoms with van der Waals surface area (Å²) in [5.74, 6) is -0.513. The third kappa shape index (κ3) is 5.31. The van der Waals surface area contributed by atoms with Crippen LogP contribution in [0.3, 0.4) is 0 Å². The zero-order valence-electron chi connectivity index (χ0n) is 14.5. The van der Waals surface area contributed by atoms with Gasteiger partial charge in [0.1, 0.15) is 5.82 Å². The van der Waals surface area contributed by atoms with Gasteiger partial charge in [0.05, 0.1) is 12.1 Å². The van der Waals surface area contributed by atoms with Crippen molar-refractivity contribution in [3.05, 3.63) is 65.5 Å². The van der Waals surface area contributed by atoms with Crippen LogP contribution in [0.1, 0.15) is 44.0 Å². The Morgan fingerprint density at radius 1 is 0.960 bits per heavy atom. The van der Waals surface area contributed by atoms with Crippen LogP contribution in [0.5, 0.6) is 0 Å². The summed E-state index contributed by atoms with van der Waals surface area (Å²) in [5.41, 5.74) is 1.94. The van der Waals surface area contributed by atoms with Gasteiger partial charge in [0, 0.05) is 18.2 Å². The van der Waals surface area contributed by atoms with Gasteiger partial charge < -0.3 is 16.0 Å². The van der Waals surface area contributed by atoms with Crippen molar-refractivity contribution >= 4 is 17.6 Å². The van der Waals surface area contributed by atoms with Crippen molar-refractivity contribution in [1.29, 1.82) is 0 Å². The molecule has 2 aromatic rings. The highest BCUT2D eigenvalue weighted by molar-refractivity contribution is 5.88. The first-order valence-corrected chi connectivity index (χ1v) is 8.06. The summed E-state index contributed by atoms with van der Waals surface area (Å²) in [4.78, 5) is 23.3. The standard InChI is InChI=1S/C19H22FN3O2/c1-12(15-7-6-8-16(11-15)23-14(3)24)21-19(25)22-13(2)17-9-4-5-10-18(17)20/h4-13H,1-3H3,(H,23,24)(H2,21,22,25). The lowest BCUT2D eigenvalue weighted by atomic mass is 10.1. The van der Waals surface area contributed by atoms with Crippen LogP contribution in [0.15, 0.2) is 48.5 Å². The molecule has 132 valence electrons. The van der Waals surface area contributed by atoms with E-state index in [1.807, 2.05) is 13.0 Å². The zero-order valence-corrected chi connectivity index (χ0v) is 14.5. The van der Waals surface area contributed by atoms with Crippen LogP contribution >= 0.6 is 0 Å². The van der Waals surface area contributed by atoms with Crippen molar-refractivity contribution < 1.29 is 14.0 Å². The highest BCUT2D eigenvalue weighted by atomic mass is 19.1. The molecular formula is C19H22FN3O2. The lowest BCUT2D eigenvalue weighted by Gasteiger charge is -2.19. The van der Waals surface area contributed by atoms with Crippen LogP contribution in [0.2, 0.25) is 0 Å². The molecule has 0 saturated carbocycles. The smallest absolute Gasteiger partial charge is 0.315 e. The molecule has 0 saturated heterocycles. The van der Waals surface area contributed by atoms with Gasteiger partial charge in [-0.25, -0.2) is 9.18 Å². The lowest BCUT2D eigenvalue weighted by Crippen LogP contribution is -2.38. The highest BCUT2D eigenvalue weighted by Crippen LogP contribution is 2.19. The fourth-order valence-corrected chi connectivity index (χ4v) is 2.51. The average molecular weight is 343 g/mol. The second-order valence-electron chi connectivity index (χ2n) is 5.89. The number of amides is 3. The number of rotatable bonds is 5. The SMILES string of the molecule is CC(=O)Nc1cccc(C(C)NC(=O)NC(C)c2ccccc2F)c1. The summed E-state index contributed by atoms with van der Waals surface area (Å²) in [6, 6.07) is 12.4. The number of urea groups is 1. The Labute approximate surface area is 146 Å². The van der Waals surface area contributed by atoms with Gasteiger partial charge in [0.25, 0.3) is 0 Å². The summed E-state index contributed by atoms with van der Waals surface area (Å²) < 4.78 is 13.8. The maximum atomic E-state index is 13.8. The molecule has 0 spiro atoms. The molecule has 2 unspecified atom stereocenters. The third-order valence-electron chi connectivity index (χ3n) is 3.77. The van der Waals surface area contributed by atoms with E-state index in [4.69, 9.17) is 0 Å². The average Bonchev–Trinajstić information content (AvgIpc) is 2.54. The molecule has 25 heavy (non-hydrogen) atoms. The normalized spacial score (nSPS) is 12.8. The molecule has 3 amide bonds. The maximum Gasteiger partial charge on any atom is 0.315 e. The molecule has 2 rings (SSSR count). The Bertz CT molecular complexity index is 764. The number of hydrogen-bond acceptors (Lipinski definition) is 2. The fourth-order valence-electron chi connectivity index (χ4n) is 2.51. The van der Waals surface area contributed by atoms with E-state index in [2.05, 4.69) is 16.0 Å². The van der Waals surface area contributed by atoms with Crippen LogP contribution < -0.4 is 16.0 Å². The van der Waals surface area contributed by atoms with E-state index < -0.39 is 12.1 Å². The Morgan fingerprint density at radius 3 is 2.32 bits per heavy atom. The first-order valence-electron chi connectivity index (χ1n) is 8.06. The second kappa shape index (κ2) is 8.28. The van der Waals surface area contributed by atoms with Crippen molar-refractivity contribution in [2.24, 2.45) is 0 Å². The molecule has 0 aliphatic carbocycles. The molecule has 0 heterocycles. The predicted molar refractivity (Wildman–Crippen MR) is 95.6 cm³/mol. The molecule has 0 fully saturated rings. The van der Waals surface area contributed by atoms with Gasteiger partial charge in [-0.3, -0.25) is 4.79 Å². The quantitative estimate of drug-likeness (QED) is 0.770. The Balaban J connectivity index is 1.98. The van der Waals surface area contributed by atoms with Gasteiger partial charge in [-0.1, -0.05) is 30.3 Å². The maximum absolute atomic E-state index is 13.8. The number of carbonyl (C=O) groups is 2. The van der Waals surface area contributed by atoms with E-state index in [1.54, 1.807) is 43.3 Å². The number of carbonyl (C=O) groups excluding carboxylic acids is 2. The zero-order chi connectivity index (χ0) is 18.4. The highest BCUT2D eigenvalue weighted by Gasteiger charge is 2.15. The van der Waals surface area contributed by atoms with E-state index in [1.165, 1.54) is 13.0 Å². The summed E-state index contributed by atoms with van der Waals surface area (Å²) in [6.45, 7) is 4.99. The number of halogens is 1. The molecule has 6 heteroatoms. The van der Waals surface area contributed by atoms with Crippen LogP contribution in [0.4, 0.5) is 14.9 Å². The van der Waals surface area contributed by atoms with Crippen molar-refractivity contribution in [1.82, 2.24) is 10.6 Å². The molecule has 2 atom stereocenters. The first-order chi connectivity index (χ1) is 11.9. The largest absolute Gasteiger partial charge is 0.332 e. The van der Waals surface area contributed by atoms with Gasteiger partial charge in [-0.05, 0) is 37.6 Å². The summed E-state index contributed by atoms with van der Waals surface area (Å²) in [7, 11) is 0. The second-order valence-corrected chi connectivity index (χ2v) is 5.89. The minimum atomic E-state index is -0.459. The van der Waals surface area contributed by atoms with E-state index >= 15 is 0 Å². The third-order valence-corrected chi connectivity index (χ3v) is 3.77. The van der Waals surface area contributed by atoms with E-state index in [0.717, 1.165) is 5.56 Å². The molecule has 0 aromatic heterocycles. The topological polar surface area (TPSA) is 70.2 Å². The van der Waals surface area contributed by atoms with Gasteiger partial charge in [-0.2, -0.15) is 0 Å². The van der Waals surface area contributed by atoms with Crippen LogP contribution in [-0.4, -0.2) is 11.9 Å². The van der Waals surface area contributed by atoms with Crippen LogP contribution in [-0.2, 0) is 4.79 Å². The van der Waals surface area contributed by atoms with Crippen molar-refractivity contribution in [3.63, 3.8) is 0 Å². The minimum absolute atomic E-state index is 0.158. The first kappa shape index (κ1) is 18.4. The Kier molecular flexibility index (Phi) is 6.11. The molecule has 3 N–H and O–H groups in total. The summed E-state index contributed by atoms with van der Waals surface area (Å²) >= 11 is 0. The number of benzene rings is 2. The predicted octanol–water partition coefficient (Wildman–Crippen LogP) is 3.91. The molecule has 0 aliphatic heterocycles. The number of anilines is 1. The molecule has 2 aromatic carbocycles. The van der Waals surface area contributed by atoms with Gasteiger partial charge in [0.2, 0.25) is 5.91 Å². The molecule has 0 aliphatic rings. The Morgan fingerprint density at radius 2 is 1.64 bits per heavy atom. The molecule has 5 nitrogen and oxygen atoms in total. The van der Waals surface area contributed by atoms with Crippen molar-refractivity contribution in [2.45, 2.75) is 32.9 Å². The van der Waals surface area contributed by atoms with Gasteiger partial charge >= 0.3 is 6.03 Å². The van der Waals surface area contributed by atoms with Gasteiger partial charge in [-0.15, -0.1) is 0 Å². The summed E-state index contributed by atoms with van der Waals surface area (Å²) in [6.07, 6.45) is 0. The summed E-state index contributed by atoms with van der Waals surface area (Å²) in [5, 5.41) is 8.24. The van der Waals surface area contributed by atoms with E-state index in [-0.39, 0.29) is 17.8 Å². The minimum Gasteiger partial charge on any atom is -0.332 e.